The number of allylic oxidation sites excluding steroid dienone is 3. The third-order valence-electron chi connectivity index (χ3n) is 3.08. The third-order valence-corrected chi connectivity index (χ3v) is 3.08. The van der Waals surface area contributed by atoms with Gasteiger partial charge in [0.05, 0.1) is 6.61 Å². The van der Waals surface area contributed by atoms with Crippen molar-refractivity contribution in [2.75, 3.05) is 6.61 Å². The molecule has 1 atom stereocenters. The number of esters is 1. The highest BCUT2D eigenvalue weighted by Gasteiger charge is 2.09. The molecule has 0 fully saturated rings. The van der Waals surface area contributed by atoms with Gasteiger partial charge in [0.1, 0.15) is 5.78 Å². The average Bonchev–Trinajstić information content (AvgIpc) is 2.35. The molecule has 0 spiro atoms. The summed E-state index contributed by atoms with van der Waals surface area (Å²) in [6.07, 6.45) is 7.96. The number of carbonyl (C=O) groups excluding carboxylic acids is 2. The van der Waals surface area contributed by atoms with Crippen molar-refractivity contribution in [3.8, 4) is 0 Å². The van der Waals surface area contributed by atoms with E-state index in [4.69, 9.17) is 4.74 Å². The van der Waals surface area contributed by atoms with Crippen LogP contribution in [0.4, 0.5) is 0 Å². The summed E-state index contributed by atoms with van der Waals surface area (Å²) in [6.45, 7) is 10.1. The minimum atomic E-state index is -0.301. The summed E-state index contributed by atoms with van der Waals surface area (Å²) in [6, 6.07) is 0. The Bertz CT molecular complexity index is 364. The highest BCUT2D eigenvalue weighted by atomic mass is 16.5. The summed E-state index contributed by atoms with van der Waals surface area (Å²) in [4.78, 5) is 22.8. The first-order chi connectivity index (χ1) is 9.36. The van der Waals surface area contributed by atoms with Gasteiger partial charge in [-0.05, 0) is 38.2 Å². The second-order valence-electron chi connectivity index (χ2n) is 5.54. The van der Waals surface area contributed by atoms with Gasteiger partial charge in [0.2, 0.25) is 0 Å². The van der Waals surface area contributed by atoms with Gasteiger partial charge in [0, 0.05) is 18.4 Å². The lowest BCUT2D eigenvalue weighted by molar-refractivity contribution is -0.137. The van der Waals surface area contributed by atoms with E-state index >= 15 is 0 Å². The zero-order valence-electron chi connectivity index (χ0n) is 13.4. The number of carbonyl (C=O) groups is 2. The van der Waals surface area contributed by atoms with Crippen LogP contribution in [0.2, 0.25) is 0 Å². The van der Waals surface area contributed by atoms with E-state index in [0.717, 1.165) is 18.4 Å². The molecule has 0 aromatic carbocycles. The van der Waals surface area contributed by atoms with Gasteiger partial charge in [-0.3, -0.25) is 4.79 Å². The predicted molar refractivity (Wildman–Crippen MR) is 82.4 cm³/mol. The van der Waals surface area contributed by atoms with Crippen LogP contribution in [-0.4, -0.2) is 18.4 Å². The van der Waals surface area contributed by atoms with E-state index < -0.39 is 0 Å². The second-order valence-corrected chi connectivity index (χ2v) is 5.54. The molecule has 3 nitrogen and oxygen atoms in total. The van der Waals surface area contributed by atoms with Crippen LogP contribution in [-0.2, 0) is 14.3 Å². The van der Waals surface area contributed by atoms with Crippen molar-refractivity contribution in [3.05, 3.63) is 23.8 Å². The Labute approximate surface area is 123 Å². The molecule has 114 valence electrons. The Morgan fingerprint density at radius 2 is 1.85 bits per heavy atom. The number of ketones is 1. The van der Waals surface area contributed by atoms with E-state index in [0.29, 0.717) is 24.7 Å². The van der Waals surface area contributed by atoms with Crippen LogP contribution in [0.5, 0.6) is 0 Å². The fraction of sp³-hybridized carbons (Fsp3) is 0.647. The fourth-order valence-electron chi connectivity index (χ4n) is 1.70. The standard InChI is InChI=1S/C17H28O3/c1-6-20-17(19)12-15(5)9-7-8-14(4)10-11-16(18)13(2)3/h7,9,12-14H,6,8,10-11H2,1-5H3/b9-7+,15-12+. The minimum absolute atomic E-state index is 0.132. The zero-order valence-corrected chi connectivity index (χ0v) is 13.4. The third kappa shape index (κ3) is 9.54. The van der Waals surface area contributed by atoms with Crippen molar-refractivity contribution in [2.45, 2.75) is 53.9 Å². The van der Waals surface area contributed by atoms with Gasteiger partial charge in [0.25, 0.3) is 0 Å². The van der Waals surface area contributed by atoms with Crippen molar-refractivity contribution in [3.63, 3.8) is 0 Å². The molecule has 0 bridgehead atoms. The summed E-state index contributed by atoms with van der Waals surface area (Å²) in [7, 11) is 0. The molecule has 0 saturated heterocycles. The van der Waals surface area contributed by atoms with Gasteiger partial charge < -0.3 is 4.74 Å². The molecule has 20 heavy (non-hydrogen) atoms. The lowest BCUT2D eigenvalue weighted by Gasteiger charge is -2.09. The molecule has 0 aliphatic carbocycles. The van der Waals surface area contributed by atoms with Crippen molar-refractivity contribution in [1.82, 2.24) is 0 Å². The minimum Gasteiger partial charge on any atom is -0.463 e. The van der Waals surface area contributed by atoms with Crippen LogP contribution in [0.25, 0.3) is 0 Å². The van der Waals surface area contributed by atoms with Gasteiger partial charge in [-0.25, -0.2) is 4.79 Å². The average molecular weight is 280 g/mol. The Morgan fingerprint density at radius 1 is 1.20 bits per heavy atom. The molecule has 0 amide bonds. The first-order valence-electron chi connectivity index (χ1n) is 7.41. The fourth-order valence-corrected chi connectivity index (χ4v) is 1.70. The molecule has 3 heteroatoms. The maximum absolute atomic E-state index is 11.5. The van der Waals surface area contributed by atoms with Gasteiger partial charge in [-0.2, -0.15) is 0 Å². The van der Waals surface area contributed by atoms with E-state index in [1.165, 1.54) is 6.08 Å². The SMILES string of the molecule is CCOC(=O)/C=C(C)/C=C/CC(C)CCC(=O)C(C)C. The van der Waals surface area contributed by atoms with E-state index in [2.05, 4.69) is 13.0 Å². The van der Waals surface area contributed by atoms with Gasteiger partial charge >= 0.3 is 5.97 Å². The Hall–Kier alpha value is -1.38. The van der Waals surface area contributed by atoms with Crippen LogP contribution in [0.1, 0.15) is 53.9 Å². The van der Waals surface area contributed by atoms with E-state index in [1.807, 2.05) is 26.8 Å². The molecule has 0 N–H and O–H groups in total. The molecule has 0 radical (unpaired) electrons. The van der Waals surface area contributed by atoms with Crippen LogP contribution in [0.3, 0.4) is 0 Å². The Morgan fingerprint density at radius 3 is 2.40 bits per heavy atom. The maximum Gasteiger partial charge on any atom is 0.330 e. The largest absolute Gasteiger partial charge is 0.463 e. The highest BCUT2D eigenvalue weighted by Crippen LogP contribution is 2.14. The summed E-state index contributed by atoms with van der Waals surface area (Å²) in [5.74, 6) is 0.640. The summed E-state index contributed by atoms with van der Waals surface area (Å²) < 4.78 is 4.84. The van der Waals surface area contributed by atoms with Crippen LogP contribution in [0.15, 0.2) is 23.8 Å². The lowest BCUT2D eigenvalue weighted by atomic mass is 9.96. The molecule has 0 saturated carbocycles. The van der Waals surface area contributed by atoms with Crippen molar-refractivity contribution < 1.29 is 14.3 Å². The normalized spacial score (nSPS) is 13.8. The summed E-state index contributed by atoms with van der Waals surface area (Å²) in [5, 5.41) is 0. The Balaban J connectivity index is 4.05. The van der Waals surface area contributed by atoms with Crippen molar-refractivity contribution in [2.24, 2.45) is 11.8 Å². The summed E-state index contributed by atoms with van der Waals surface area (Å²) in [5.41, 5.74) is 0.883. The van der Waals surface area contributed by atoms with Crippen LogP contribution < -0.4 is 0 Å². The topological polar surface area (TPSA) is 43.4 Å². The number of hydrogen-bond acceptors (Lipinski definition) is 3. The van der Waals surface area contributed by atoms with Gasteiger partial charge in [-0.1, -0.05) is 32.9 Å². The van der Waals surface area contributed by atoms with Crippen molar-refractivity contribution >= 4 is 11.8 Å². The molecular formula is C17H28O3. The van der Waals surface area contributed by atoms with Crippen LogP contribution >= 0.6 is 0 Å². The molecule has 0 aliphatic rings. The van der Waals surface area contributed by atoms with Gasteiger partial charge in [0.15, 0.2) is 0 Å². The molecule has 0 aromatic rings. The van der Waals surface area contributed by atoms with Crippen LogP contribution in [0, 0.1) is 11.8 Å². The molecule has 1 unspecified atom stereocenters. The number of rotatable bonds is 9. The summed E-state index contributed by atoms with van der Waals surface area (Å²) >= 11 is 0. The second kappa shape index (κ2) is 10.4. The predicted octanol–water partition coefficient (Wildman–Crippen LogP) is 4.08. The number of Topliss-reactive ketones (excluding diaryl/α,β-unsaturated/α-hetero) is 1. The number of ether oxygens (including phenoxy) is 1. The Kier molecular flexibility index (Phi) is 9.69. The lowest BCUT2D eigenvalue weighted by Crippen LogP contribution is -2.08. The smallest absolute Gasteiger partial charge is 0.330 e. The quantitative estimate of drug-likeness (QED) is 0.363. The first-order valence-corrected chi connectivity index (χ1v) is 7.41. The monoisotopic (exact) mass is 280 g/mol. The maximum atomic E-state index is 11.5. The molecule has 0 aromatic heterocycles. The molecule has 0 aliphatic heterocycles. The highest BCUT2D eigenvalue weighted by molar-refractivity contribution is 5.83. The van der Waals surface area contributed by atoms with E-state index in [1.54, 1.807) is 6.92 Å². The van der Waals surface area contributed by atoms with Crippen molar-refractivity contribution in [1.29, 1.82) is 0 Å². The van der Waals surface area contributed by atoms with Gasteiger partial charge in [-0.15, -0.1) is 0 Å². The zero-order chi connectivity index (χ0) is 15.5. The first kappa shape index (κ1) is 18.6. The molecule has 0 heterocycles. The van der Waals surface area contributed by atoms with E-state index in [9.17, 15) is 9.59 Å². The molecular weight excluding hydrogens is 252 g/mol. The number of hydrogen-bond donors (Lipinski definition) is 0. The van der Waals surface area contributed by atoms with E-state index in [-0.39, 0.29) is 11.9 Å². The molecule has 0 rings (SSSR count).